The van der Waals surface area contributed by atoms with Gasteiger partial charge in [0.1, 0.15) is 0 Å². The van der Waals surface area contributed by atoms with Gasteiger partial charge in [-0.2, -0.15) is 0 Å². The standard InChI is InChI=1S/C11H14BrN3O3S/c12-9-2-1-7(19-9)5-14-11(17)15-3-4-18-8(6-15)10(13)16/h1-2,8H,3-6H2,(H2,13,16)(H,14,17). The van der Waals surface area contributed by atoms with Crippen LogP contribution in [0.15, 0.2) is 15.9 Å². The number of thiophene rings is 1. The molecule has 0 spiro atoms. The molecule has 6 nitrogen and oxygen atoms in total. The number of urea groups is 1. The third-order valence-corrected chi connectivity index (χ3v) is 4.34. The SMILES string of the molecule is NC(=O)C1CN(C(=O)NCc2ccc(Br)s2)CCO1. The Labute approximate surface area is 123 Å². The first kappa shape index (κ1) is 14.3. The zero-order chi connectivity index (χ0) is 13.8. The third-order valence-electron chi connectivity index (χ3n) is 2.71. The monoisotopic (exact) mass is 347 g/mol. The summed E-state index contributed by atoms with van der Waals surface area (Å²) in [6.07, 6.45) is -0.713. The number of morpholine rings is 1. The molecule has 1 aromatic heterocycles. The smallest absolute Gasteiger partial charge is 0.317 e. The second-order valence-corrected chi connectivity index (χ2v) is 6.62. The summed E-state index contributed by atoms with van der Waals surface area (Å²) < 4.78 is 6.21. The maximum Gasteiger partial charge on any atom is 0.317 e. The Balaban J connectivity index is 1.84. The molecule has 1 aliphatic rings. The van der Waals surface area contributed by atoms with Gasteiger partial charge in [-0.05, 0) is 28.1 Å². The Hall–Kier alpha value is -1.12. The maximum absolute atomic E-state index is 11.9. The lowest BCUT2D eigenvalue weighted by Crippen LogP contribution is -2.53. The van der Waals surface area contributed by atoms with Gasteiger partial charge in [0.05, 0.1) is 23.5 Å². The first-order chi connectivity index (χ1) is 9.06. The summed E-state index contributed by atoms with van der Waals surface area (Å²) in [6, 6.07) is 3.67. The van der Waals surface area contributed by atoms with Gasteiger partial charge >= 0.3 is 6.03 Å². The molecule has 1 unspecified atom stereocenters. The summed E-state index contributed by atoms with van der Waals surface area (Å²) in [5, 5.41) is 2.81. The molecule has 0 bridgehead atoms. The molecule has 8 heteroatoms. The number of hydrogen-bond donors (Lipinski definition) is 2. The molecule has 3 amide bonds. The molecule has 0 aromatic carbocycles. The van der Waals surface area contributed by atoms with Gasteiger partial charge in [0.2, 0.25) is 5.91 Å². The van der Waals surface area contributed by atoms with Crippen molar-refractivity contribution in [2.75, 3.05) is 19.7 Å². The Morgan fingerprint density at radius 2 is 2.37 bits per heavy atom. The van der Waals surface area contributed by atoms with Crippen molar-refractivity contribution in [3.05, 3.63) is 20.8 Å². The molecule has 0 aliphatic carbocycles. The van der Waals surface area contributed by atoms with Crippen LogP contribution < -0.4 is 11.1 Å². The molecule has 2 rings (SSSR count). The van der Waals surface area contributed by atoms with Gasteiger partial charge in [0, 0.05) is 11.4 Å². The molecular weight excluding hydrogens is 334 g/mol. The number of carbonyl (C=O) groups excluding carboxylic acids is 2. The predicted molar refractivity (Wildman–Crippen MR) is 74.8 cm³/mol. The minimum atomic E-state index is -0.713. The second kappa shape index (κ2) is 6.36. The van der Waals surface area contributed by atoms with Crippen LogP contribution >= 0.6 is 27.3 Å². The summed E-state index contributed by atoms with van der Waals surface area (Å²) >= 11 is 4.93. The number of primary amides is 1. The van der Waals surface area contributed by atoms with Gasteiger partial charge in [-0.1, -0.05) is 0 Å². The molecule has 1 atom stereocenters. The summed E-state index contributed by atoms with van der Waals surface area (Å²) in [5.74, 6) is -0.542. The minimum Gasteiger partial charge on any atom is -0.367 e. The highest BCUT2D eigenvalue weighted by Gasteiger charge is 2.27. The predicted octanol–water partition coefficient (Wildman–Crippen LogP) is 0.906. The van der Waals surface area contributed by atoms with E-state index >= 15 is 0 Å². The number of nitrogens with two attached hydrogens (primary N) is 1. The zero-order valence-corrected chi connectivity index (χ0v) is 12.5. The minimum absolute atomic E-state index is 0.204. The Morgan fingerprint density at radius 3 is 3.00 bits per heavy atom. The zero-order valence-electron chi connectivity index (χ0n) is 10.1. The van der Waals surface area contributed by atoms with Crippen LogP contribution in [0.2, 0.25) is 0 Å². The number of amides is 3. The van der Waals surface area contributed by atoms with Crippen LogP contribution in [0.3, 0.4) is 0 Å². The van der Waals surface area contributed by atoms with Crippen molar-refractivity contribution in [3.63, 3.8) is 0 Å². The number of rotatable bonds is 3. The van der Waals surface area contributed by atoms with Crippen molar-refractivity contribution in [1.82, 2.24) is 10.2 Å². The molecule has 104 valence electrons. The molecule has 1 fully saturated rings. The van der Waals surface area contributed by atoms with E-state index in [0.29, 0.717) is 19.7 Å². The topological polar surface area (TPSA) is 84.7 Å². The number of nitrogens with one attached hydrogen (secondary N) is 1. The van der Waals surface area contributed by atoms with Crippen LogP contribution in [0.4, 0.5) is 4.79 Å². The van der Waals surface area contributed by atoms with E-state index < -0.39 is 12.0 Å². The number of carbonyl (C=O) groups is 2. The van der Waals surface area contributed by atoms with Crippen LogP contribution in [-0.4, -0.2) is 42.6 Å². The highest BCUT2D eigenvalue weighted by atomic mass is 79.9. The van der Waals surface area contributed by atoms with Crippen LogP contribution in [0.5, 0.6) is 0 Å². The number of halogens is 1. The molecule has 1 aliphatic heterocycles. The summed E-state index contributed by atoms with van der Waals surface area (Å²) in [5.41, 5.74) is 5.17. The van der Waals surface area contributed by atoms with E-state index in [1.807, 2.05) is 12.1 Å². The van der Waals surface area contributed by atoms with E-state index in [4.69, 9.17) is 10.5 Å². The third kappa shape index (κ3) is 3.92. The fraction of sp³-hybridized carbons (Fsp3) is 0.455. The fourth-order valence-corrected chi connectivity index (χ4v) is 3.15. The highest BCUT2D eigenvalue weighted by molar-refractivity contribution is 9.11. The lowest BCUT2D eigenvalue weighted by Gasteiger charge is -2.31. The Kier molecular flexibility index (Phi) is 4.78. The molecule has 1 saturated heterocycles. The van der Waals surface area contributed by atoms with Gasteiger partial charge in [0.25, 0.3) is 0 Å². The lowest BCUT2D eigenvalue weighted by molar-refractivity contribution is -0.133. The maximum atomic E-state index is 11.9. The lowest BCUT2D eigenvalue weighted by atomic mass is 10.2. The van der Waals surface area contributed by atoms with Crippen molar-refractivity contribution in [1.29, 1.82) is 0 Å². The molecular formula is C11H14BrN3O3S. The molecule has 3 N–H and O–H groups in total. The van der Waals surface area contributed by atoms with Gasteiger partial charge in [-0.25, -0.2) is 4.79 Å². The van der Waals surface area contributed by atoms with Gasteiger partial charge in [0.15, 0.2) is 6.10 Å². The van der Waals surface area contributed by atoms with Crippen LogP contribution in [0, 0.1) is 0 Å². The van der Waals surface area contributed by atoms with Crippen molar-refractivity contribution >= 4 is 39.2 Å². The molecule has 19 heavy (non-hydrogen) atoms. The average Bonchev–Trinajstić information content (AvgIpc) is 2.82. The summed E-state index contributed by atoms with van der Waals surface area (Å²) in [6.45, 7) is 1.46. The molecule has 1 aromatic rings. The van der Waals surface area contributed by atoms with E-state index in [0.717, 1.165) is 8.66 Å². The summed E-state index contributed by atoms with van der Waals surface area (Å²) in [7, 11) is 0. The van der Waals surface area contributed by atoms with E-state index in [9.17, 15) is 9.59 Å². The average molecular weight is 348 g/mol. The van der Waals surface area contributed by atoms with E-state index in [1.165, 1.54) is 0 Å². The molecule has 2 heterocycles. The highest BCUT2D eigenvalue weighted by Crippen LogP contribution is 2.21. The van der Waals surface area contributed by atoms with Crippen LogP contribution in [0.1, 0.15) is 4.88 Å². The van der Waals surface area contributed by atoms with Crippen molar-refractivity contribution < 1.29 is 14.3 Å². The normalized spacial score (nSPS) is 19.2. The van der Waals surface area contributed by atoms with E-state index in [1.54, 1.807) is 16.2 Å². The Morgan fingerprint density at radius 1 is 1.58 bits per heavy atom. The number of hydrogen-bond acceptors (Lipinski definition) is 4. The van der Waals surface area contributed by atoms with Crippen molar-refractivity contribution in [2.45, 2.75) is 12.6 Å². The second-order valence-electron chi connectivity index (χ2n) is 4.07. The number of nitrogens with zero attached hydrogens (tertiary/aromatic N) is 1. The summed E-state index contributed by atoms with van der Waals surface area (Å²) in [4.78, 5) is 25.6. The Bertz CT molecular complexity index is 480. The van der Waals surface area contributed by atoms with Crippen LogP contribution in [-0.2, 0) is 16.1 Å². The molecule has 0 saturated carbocycles. The first-order valence-electron chi connectivity index (χ1n) is 5.74. The number of ether oxygens (including phenoxy) is 1. The largest absolute Gasteiger partial charge is 0.367 e. The quantitative estimate of drug-likeness (QED) is 0.851. The first-order valence-corrected chi connectivity index (χ1v) is 7.35. The van der Waals surface area contributed by atoms with Gasteiger partial charge in [-0.3, -0.25) is 4.79 Å². The van der Waals surface area contributed by atoms with Crippen molar-refractivity contribution in [2.24, 2.45) is 5.73 Å². The van der Waals surface area contributed by atoms with Gasteiger partial charge in [-0.15, -0.1) is 11.3 Å². The van der Waals surface area contributed by atoms with E-state index in [-0.39, 0.29) is 12.6 Å². The molecule has 0 radical (unpaired) electrons. The van der Waals surface area contributed by atoms with E-state index in [2.05, 4.69) is 21.2 Å². The fourth-order valence-electron chi connectivity index (χ4n) is 1.73. The van der Waals surface area contributed by atoms with Gasteiger partial charge < -0.3 is 20.7 Å². The van der Waals surface area contributed by atoms with Crippen LogP contribution in [0.25, 0.3) is 0 Å². The van der Waals surface area contributed by atoms with Crippen molar-refractivity contribution in [3.8, 4) is 0 Å².